The van der Waals surface area contributed by atoms with Crippen LogP contribution >= 0.6 is 0 Å². The molecule has 3 aliphatic rings. The third-order valence-electron chi connectivity index (χ3n) is 5.10. The summed E-state index contributed by atoms with van der Waals surface area (Å²) in [6.07, 6.45) is 2.29. The number of amidine groups is 1. The van der Waals surface area contributed by atoms with Gasteiger partial charge in [0.2, 0.25) is 0 Å². The van der Waals surface area contributed by atoms with Gasteiger partial charge in [-0.25, -0.2) is 9.80 Å². The van der Waals surface area contributed by atoms with Gasteiger partial charge in [0.25, 0.3) is 0 Å². The number of hydrazone groups is 1. The number of aliphatic imine (C=N–C) groups is 1. The molecule has 0 N–H and O–H groups in total. The van der Waals surface area contributed by atoms with Gasteiger partial charge in [-0.15, -0.1) is 0 Å². The highest BCUT2D eigenvalue weighted by Gasteiger charge is 2.52. The van der Waals surface area contributed by atoms with Crippen molar-refractivity contribution < 1.29 is 19.1 Å². The van der Waals surface area contributed by atoms with E-state index < -0.39 is 17.9 Å². The molecule has 1 aromatic rings. The topological polar surface area (TPSA) is 80.6 Å². The van der Waals surface area contributed by atoms with Gasteiger partial charge in [0.15, 0.2) is 12.0 Å². The number of fused-ring (bicyclic) bond motifs is 5. The van der Waals surface area contributed by atoms with Gasteiger partial charge < -0.3 is 9.47 Å². The van der Waals surface area contributed by atoms with E-state index in [4.69, 9.17) is 9.47 Å². The van der Waals surface area contributed by atoms with Gasteiger partial charge in [0.1, 0.15) is 5.84 Å². The Labute approximate surface area is 151 Å². The zero-order valence-corrected chi connectivity index (χ0v) is 14.8. The molecule has 7 nitrogen and oxygen atoms in total. The molecule has 0 aromatic heterocycles. The molecular weight excluding hydrogens is 334 g/mol. The van der Waals surface area contributed by atoms with Crippen LogP contribution in [0, 0.1) is 11.8 Å². The van der Waals surface area contributed by atoms with Crippen molar-refractivity contribution in [3.63, 3.8) is 0 Å². The highest BCUT2D eigenvalue weighted by molar-refractivity contribution is 6.16. The highest BCUT2D eigenvalue weighted by Crippen LogP contribution is 2.47. The predicted molar refractivity (Wildman–Crippen MR) is 94.7 cm³/mol. The molecule has 4 atom stereocenters. The second kappa shape index (κ2) is 6.55. The van der Waals surface area contributed by atoms with E-state index in [1.165, 1.54) is 5.56 Å². The third-order valence-corrected chi connectivity index (χ3v) is 5.10. The smallest absolute Gasteiger partial charge is 0.331 e. The molecule has 1 aliphatic carbocycles. The lowest BCUT2D eigenvalue weighted by Crippen LogP contribution is -2.47. The lowest BCUT2D eigenvalue weighted by atomic mass is 9.89. The molecule has 0 amide bonds. The van der Waals surface area contributed by atoms with Crippen LogP contribution in [-0.4, -0.2) is 48.3 Å². The third kappa shape index (κ3) is 2.50. The zero-order valence-electron chi connectivity index (χ0n) is 14.8. The quantitative estimate of drug-likeness (QED) is 0.769. The summed E-state index contributed by atoms with van der Waals surface area (Å²) in [6.45, 7) is 4.12. The molecule has 7 heteroatoms. The van der Waals surface area contributed by atoms with Gasteiger partial charge in [-0.05, 0) is 31.4 Å². The summed E-state index contributed by atoms with van der Waals surface area (Å²) >= 11 is 0. The molecule has 4 unspecified atom stereocenters. The van der Waals surface area contributed by atoms with Gasteiger partial charge in [-0.1, -0.05) is 24.3 Å². The number of ether oxygens (including phenoxy) is 2. The van der Waals surface area contributed by atoms with Crippen LogP contribution in [0.25, 0.3) is 0 Å². The molecule has 0 spiro atoms. The normalized spacial score (nSPS) is 28.1. The Morgan fingerprint density at radius 2 is 1.88 bits per heavy atom. The van der Waals surface area contributed by atoms with Crippen LogP contribution in [0.3, 0.4) is 0 Å². The molecule has 2 aliphatic heterocycles. The molecule has 0 bridgehead atoms. The van der Waals surface area contributed by atoms with Crippen LogP contribution in [0.2, 0.25) is 0 Å². The van der Waals surface area contributed by atoms with Crippen LogP contribution in [-0.2, 0) is 25.5 Å². The maximum Gasteiger partial charge on any atom is 0.331 e. The fraction of sp³-hybridized carbons (Fsp3) is 0.474. The predicted octanol–water partition coefficient (Wildman–Crippen LogP) is 1.72. The van der Waals surface area contributed by atoms with E-state index in [0.29, 0.717) is 12.4 Å². The molecule has 26 heavy (non-hydrogen) atoms. The summed E-state index contributed by atoms with van der Waals surface area (Å²) in [6, 6.07) is 7.33. The van der Waals surface area contributed by atoms with Gasteiger partial charge >= 0.3 is 11.9 Å². The molecule has 2 heterocycles. The number of hydrogen-bond donors (Lipinski definition) is 0. The van der Waals surface area contributed by atoms with Crippen molar-refractivity contribution in [3.05, 3.63) is 35.4 Å². The second-order valence-electron chi connectivity index (χ2n) is 6.53. The van der Waals surface area contributed by atoms with Crippen LogP contribution < -0.4 is 0 Å². The number of nitrogens with zero attached hydrogens (tertiary/aromatic N) is 3. The number of carbonyl (C=O) groups excluding carboxylic acids is 2. The maximum absolute atomic E-state index is 12.6. The SMILES string of the molecule is CCOC(=O)C1C=NN2C1=NC(C(=O)OCC)C1Cc3ccccc3C12. The molecular formula is C19H21N3O4. The first-order valence-corrected chi connectivity index (χ1v) is 8.97. The number of benzene rings is 1. The van der Waals surface area contributed by atoms with Crippen LogP contribution in [0.15, 0.2) is 34.4 Å². The molecule has 136 valence electrons. The minimum Gasteiger partial charge on any atom is -0.465 e. The summed E-state index contributed by atoms with van der Waals surface area (Å²) in [5.41, 5.74) is 2.31. The zero-order chi connectivity index (χ0) is 18.3. The van der Waals surface area contributed by atoms with Crippen molar-refractivity contribution >= 4 is 24.0 Å². The number of rotatable bonds is 4. The Bertz CT molecular complexity index is 804. The standard InChI is InChI=1S/C19H21N3O4/c1-3-25-18(23)14-10-20-22-16-12-8-6-5-7-11(12)9-13(16)15(21-17(14)22)19(24)26-4-2/h5-8,10,13-16H,3-4,9H2,1-2H3. The molecule has 1 aromatic carbocycles. The van der Waals surface area contributed by atoms with Crippen molar-refractivity contribution in [1.29, 1.82) is 0 Å². The summed E-state index contributed by atoms with van der Waals surface area (Å²) in [7, 11) is 0. The molecule has 0 saturated carbocycles. The lowest BCUT2D eigenvalue weighted by molar-refractivity contribution is -0.147. The fourth-order valence-corrected chi connectivity index (χ4v) is 4.05. The lowest BCUT2D eigenvalue weighted by Gasteiger charge is -2.37. The van der Waals surface area contributed by atoms with Gasteiger partial charge in [-0.3, -0.25) is 9.79 Å². The first kappa shape index (κ1) is 16.8. The van der Waals surface area contributed by atoms with Crippen LogP contribution in [0.4, 0.5) is 0 Å². The van der Waals surface area contributed by atoms with Crippen LogP contribution in [0.5, 0.6) is 0 Å². The first-order chi connectivity index (χ1) is 12.7. The van der Waals surface area contributed by atoms with E-state index in [-0.39, 0.29) is 24.5 Å². The Kier molecular flexibility index (Phi) is 4.22. The van der Waals surface area contributed by atoms with Crippen molar-refractivity contribution in [3.8, 4) is 0 Å². The van der Waals surface area contributed by atoms with E-state index in [1.54, 1.807) is 25.1 Å². The highest BCUT2D eigenvalue weighted by atomic mass is 16.5. The van der Waals surface area contributed by atoms with E-state index in [1.807, 2.05) is 12.1 Å². The average molecular weight is 355 g/mol. The monoisotopic (exact) mass is 355 g/mol. The minimum atomic E-state index is -0.680. The van der Waals surface area contributed by atoms with Gasteiger partial charge in [0, 0.05) is 12.1 Å². The molecule has 4 rings (SSSR count). The van der Waals surface area contributed by atoms with Crippen LogP contribution in [0.1, 0.15) is 31.0 Å². The number of carbonyl (C=O) groups is 2. The number of esters is 2. The largest absolute Gasteiger partial charge is 0.465 e. The number of hydrogen-bond acceptors (Lipinski definition) is 7. The molecule has 0 radical (unpaired) electrons. The van der Waals surface area contributed by atoms with Crippen molar-refractivity contribution in [2.24, 2.45) is 21.9 Å². The Morgan fingerprint density at radius 3 is 2.65 bits per heavy atom. The van der Waals surface area contributed by atoms with Crippen molar-refractivity contribution in [1.82, 2.24) is 5.01 Å². The first-order valence-electron chi connectivity index (χ1n) is 8.97. The van der Waals surface area contributed by atoms with E-state index in [9.17, 15) is 9.59 Å². The summed E-state index contributed by atoms with van der Waals surface area (Å²) in [4.78, 5) is 29.5. The minimum absolute atomic E-state index is 0.0618. The Balaban J connectivity index is 1.75. The summed E-state index contributed by atoms with van der Waals surface area (Å²) in [5.74, 6) is -1.02. The van der Waals surface area contributed by atoms with Crippen molar-refractivity contribution in [2.75, 3.05) is 13.2 Å². The van der Waals surface area contributed by atoms with Gasteiger partial charge in [-0.2, -0.15) is 5.10 Å². The molecule has 0 saturated heterocycles. The molecule has 0 fully saturated rings. The average Bonchev–Trinajstić information content (AvgIpc) is 3.22. The second-order valence-corrected chi connectivity index (χ2v) is 6.53. The summed E-state index contributed by atoms with van der Waals surface area (Å²) in [5, 5.41) is 6.23. The van der Waals surface area contributed by atoms with Gasteiger partial charge in [0.05, 0.1) is 19.3 Å². The Hall–Kier alpha value is -2.70. The van der Waals surface area contributed by atoms with Crippen molar-refractivity contribution in [2.45, 2.75) is 32.4 Å². The van der Waals surface area contributed by atoms with E-state index in [2.05, 4.69) is 22.2 Å². The maximum atomic E-state index is 12.6. The van der Waals surface area contributed by atoms with E-state index >= 15 is 0 Å². The fourth-order valence-electron chi connectivity index (χ4n) is 4.05. The Morgan fingerprint density at radius 1 is 1.15 bits per heavy atom. The summed E-state index contributed by atoms with van der Waals surface area (Å²) < 4.78 is 10.4. The van der Waals surface area contributed by atoms with E-state index in [0.717, 1.165) is 12.0 Å².